The minimum Gasteiger partial charge on any atom is -0.466 e. The van der Waals surface area contributed by atoms with Crippen LogP contribution in [0.3, 0.4) is 0 Å². The maximum Gasteiger partial charge on any atom is 0.305 e. The van der Waals surface area contributed by atoms with Crippen molar-refractivity contribution in [3.05, 3.63) is 12.2 Å². The summed E-state index contributed by atoms with van der Waals surface area (Å²) < 4.78 is 5.50. The fraction of sp³-hybridized carbons (Fsp3) is 0.944. The maximum atomic E-state index is 12.1. The van der Waals surface area contributed by atoms with Gasteiger partial charge in [0.1, 0.15) is 0 Å². The van der Waals surface area contributed by atoms with Gasteiger partial charge in [0.25, 0.3) is 0 Å². The Morgan fingerprint density at radius 3 is 0.946 bits per heavy atom. The highest BCUT2D eigenvalue weighted by Crippen LogP contribution is 2.18. The molecule has 0 atom stereocenters. The van der Waals surface area contributed by atoms with E-state index in [9.17, 15) is 4.79 Å². The first-order valence-corrected chi connectivity index (χ1v) is 26.5. The van der Waals surface area contributed by atoms with Crippen molar-refractivity contribution in [2.75, 3.05) is 6.61 Å². The monoisotopic (exact) mass is 787 g/mol. The summed E-state index contributed by atoms with van der Waals surface area (Å²) in [6.45, 7) is 7.62. The lowest BCUT2D eigenvalue weighted by atomic mass is 10.0. The molecule has 56 heavy (non-hydrogen) atoms. The van der Waals surface area contributed by atoms with E-state index in [0.29, 0.717) is 13.0 Å². The number of unbranched alkanes of at least 4 members (excludes halogenated alkanes) is 41. The highest BCUT2D eigenvalue weighted by molar-refractivity contribution is 5.69. The second kappa shape index (κ2) is 50.4. The normalized spacial score (nSPS) is 11.8. The number of carbonyl (C=O) groups is 1. The second-order valence-corrected chi connectivity index (χ2v) is 18.7. The van der Waals surface area contributed by atoms with Crippen molar-refractivity contribution in [3.63, 3.8) is 0 Å². The Balaban J connectivity index is 3.16. The van der Waals surface area contributed by atoms with Crippen LogP contribution in [0.1, 0.15) is 316 Å². The molecule has 0 aliphatic rings. The summed E-state index contributed by atoms with van der Waals surface area (Å²) in [6, 6.07) is 0. The number of rotatable bonds is 49. The molecular weight excluding hydrogens is 681 g/mol. The third-order valence-corrected chi connectivity index (χ3v) is 12.3. The van der Waals surface area contributed by atoms with Crippen LogP contribution in [-0.2, 0) is 9.53 Å². The molecule has 0 radical (unpaired) electrons. The molecule has 0 heterocycles. The Kier molecular flexibility index (Phi) is 49.6. The lowest BCUT2D eigenvalue weighted by molar-refractivity contribution is -0.143. The lowest BCUT2D eigenvalue weighted by Crippen LogP contribution is -2.05. The smallest absolute Gasteiger partial charge is 0.305 e. The van der Waals surface area contributed by atoms with E-state index < -0.39 is 0 Å². The minimum absolute atomic E-state index is 0.0288. The van der Waals surface area contributed by atoms with E-state index in [1.54, 1.807) is 0 Å². The molecule has 0 spiro atoms. The molecule has 334 valence electrons. The highest BCUT2D eigenvalue weighted by Gasteiger charge is 2.03. The van der Waals surface area contributed by atoms with E-state index in [2.05, 4.69) is 32.9 Å². The van der Waals surface area contributed by atoms with Gasteiger partial charge in [-0.3, -0.25) is 4.79 Å². The van der Waals surface area contributed by atoms with E-state index in [1.807, 2.05) is 0 Å². The van der Waals surface area contributed by atoms with Gasteiger partial charge in [-0.15, -0.1) is 0 Å². The highest BCUT2D eigenvalue weighted by atomic mass is 16.5. The summed E-state index contributed by atoms with van der Waals surface area (Å²) in [5, 5.41) is 0. The van der Waals surface area contributed by atoms with Crippen LogP contribution in [0.4, 0.5) is 0 Å². The van der Waals surface area contributed by atoms with Gasteiger partial charge in [-0.25, -0.2) is 0 Å². The van der Waals surface area contributed by atoms with Crippen LogP contribution in [0.5, 0.6) is 0 Å². The van der Waals surface area contributed by atoms with E-state index in [-0.39, 0.29) is 5.97 Å². The molecule has 0 aromatic carbocycles. The van der Waals surface area contributed by atoms with Crippen LogP contribution >= 0.6 is 0 Å². The third kappa shape index (κ3) is 51.2. The van der Waals surface area contributed by atoms with E-state index in [0.717, 1.165) is 18.8 Å². The molecule has 0 bridgehead atoms. The molecule has 0 aromatic heterocycles. The van der Waals surface area contributed by atoms with Crippen LogP contribution in [-0.4, -0.2) is 12.6 Å². The summed E-state index contributed by atoms with van der Waals surface area (Å²) in [5.41, 5.74) is 0. The van der Waals surface area contributed by atoms with Gasteiger partial charge in [0.2, 0.25) is 0 Å². The molecule has 0 N–H and O–H groups in total. The number of hydrogen-bond donors (Lipinski definition) is 0. The molecule has 0 aliphatic carbocycles. The lowest BCUT2D eigenvalue weighted by Gasteiger charge is -2.06. The summed E-state index contributed by atoms with van der Waals surface area (Å²) in [4.78, 5) is 12.1. The molecule has 2 nitrogen and oxygen atoms in total. The quantitative estimate of drug-likeness (QED) is 0.0349. The number of esters is 1. The van der Waals surface area contributed by atoms with Crippen LogP contribution in [0, 0.1) is 5.92 Å². The van der Waals surface area contributed by atoms with E-state index in [1.165, 1.54) is 276 Å². The van der Waals surface area contributed by atoms with Gasteiger partial charge in [0.05, 0.1) is 6.61 Å². The molecule has 0 unspecified atom stereocenters. The summed E-state index contributed by atoms with van der Waals surface area (Å²) in [5.74, 6) is 0.916. The number of hydrogen-bond acceptors (Lipinski definition) is 2. The van der Waals surface area contributed by atoms with E-state index >= 15 is 0 Å². The van der Waals surface area contributed by atoms with Gasteiger partial charge in [-0.1, -0.05) is 283 Å². The van der Waals surface area contributed by atoms with Gasteiger partial charge >= 0.3 is 5.97 Å². The molecule has 0 rings (SSSR count). The molecule has 0 saturated carbocycles. The fourth-order valence-electron chi connectivity index (χ4n) is 8.38. The Morgan fingerprint density at radius 1 is 0.357 bits per heavy atom. The Morgan fingerprint density at radius 2 is 0.625 bits per heavy atom. The average Bonchev–Trinajstić information content (AvgIpc) is 3.19. The van der Waals surface area contributed by atoms with E-state index in [4.69, 9.17) is 4.74 Å². The topological polar surface area (TPSA) is 26.3 Å². The zero-order valence-electron chi connectivity index (χ0n) is 39.3. The minimum atomic E-state index is 0.0288. The average molecular weight is 787 g/mol. The standard InChI is InChI=1S/C54H106O2/c1-4-5-6-7-8-9-10-11-12-13-23-27-30-33-36-39-42-45-48-51-54(55)56-52-49-46-43-40-37-34-31-28-25-22-20-18-16-14-15-17-19-21-24-26-29-32-35-38-41-44-47-50-53(2)3/h11-12,53H,4-10,13-52H2,1-3H3. The van der Waals surface area contributed by atoms with Crippen molar-refractivity contribution in [2.45, 2.75) is 316 Å². The Bertz CT molecular complexity index is 741. The van der Waals surface area contributed by atoms with Gasteiger partial charge in [-0.05, 0) is 44.4 Å². The first-order chi connectivity index (χ1) is 27.7. The van der Waals surface area contributed by atoms with Crippen molar-refractivity contribution in [3.8, 4) is 0 Å². The van der Waals surface area contributed by atoms with Crippen LogP contribution in [0.2, 0.25) is 0 Å². The second-order valence-electron chi connectivity index (χ2n) is 18.7. The molecular formula is C54H106O2. The number of allylic oxidation sites excluding steroid dienone is 2. The van der Waals surface area contributed by atoms with Gasteiger partial charge in [-0.2, -0.15) is 0 Å². The Labute approximate surface area is 355 Å². The summed E-state index contributed by atoms with van der Waals surface area (Å²) >= 11 is 0. The fourth-order valence-corrected chi connectivity index (χ4v) is 8.38. The van der Waals surface area contributed by atoms with Gasteiger partial charge in [0, 0.05) is 6.42 Å². The molecule has 0 saturated heterocycles. The van der Waals surface area contributed by atoms with Crippen LogP contribution in [0.15, 0.2) is 12.2 Å². The van der Waals surface area contributed by atoms with Crippen LogP contribution < -0.4 is 0 Å². The van der Waals surface area contributed by atoms with Crippen molar-refractivity contribution in [1.29, 1.82) is 0 Å². The maximum absolute atomic E-state index is 12.1. The molecule has 0 aliphatic heterocycles. The zero-order chi connectivity index (χ0) is 40.5. The summed E-state index contributed by atoms with van der Waals surface area (Å²) in [7, 11) is 0. The van der Waals surface area contributed by atoms with Gasteiger partial charge in [0.15, 0.2) is 0 Å². The Hall–Kier alpha value is -0.790. The zero-order valence-corrected chi connectivity index (χ0v) is 39.3. The predicted molar refractivity (Wildman–Crippen MR) is 253 cm³/mol. The number of ether oxygens (including phenoxy) is 1. The van der Waals surface area contributed by atoms with Crippen molar-refractivity contribution in [1.82, 2.24) is 0 Å². The SMILES string of the molecule is CCCCCCCCC=CCCCCCCCCCCCC(=O)OCCCCCCCCCCCCCCCCCCCCCCCCCCCCCC(C)C. The van der Waals surface area contributed by atoms with Crippen LogP contribution in [0.25, 0.3) is 0 Å². The molecule has 0 aromatic rings. The molecule has 2 heteroatoms. The van der Waals surface area contributed by atoms with Crippen molar-refractivity contribution >= 4 is 5.97 Å². The van der Waals surface area contributed by atoms with Crippen molar-refractivity contribution < 1.29 is 9.53 Å². The number of carbonyl (C=O) groups excluding carboxylic acids is 1. The summed E-state index contributed by atoms with van der Waals surface area (Å²) in [6.07, 6.45) is 67.9. The molecule has 0 amide bonds. The van der Waals surface area contributed by atoms with Crippen molar-refractivity contribution in [2.24, 2.45) is 5.92 Å². The predicted octanol–water partition coefficient (Wildman–Crippen LogP) is 19.7. The first kappa shape index (κ1) is 55.2. The third-order valence-electron chi connectivity index (χ3n) is 12.3. The first-order valence-electron chi connectivity index (χ1n) is 26.5. The van der Waals surface area contributed by atoms with Gasteiger partial charge < -0.3 is 4.74 Å². The molecule has 0 fully saturated rings. The largest absolute Gasteiger partial charge is 0.466 e.